The molecule has 0 radical (unpaired) electrons. The Morgan fingerprint density at radius 3 is 2.27 bits per heavy atom. The standard InChI is InChI=1S/C26H25NO3/c1-13-9-15(10-14(2)24(13)29)20-21-18(11-26(3,4)12-19(21)28)27-23-16-7-5-6-8-17(16)25(30)22(20)23/h5-10,20-21,29H,11-12H2,1-4H3/t20-,21-/m0/s1. The SMILES string of the molecule is Cc1cc([C@@H]2C3=C(N=C4CC(C)(C)CC(=O)[C@H]42)c2ccccc2C3=O)cc(C)c1O. The number of fused-ring (bicyclic) bond motifs is 3. The van der Waals surface area contributed by atoms with Gasteiger partial charge in [0.25, 0.3) is 0 Å². The summed E-state index contributed by atoms with van der Waals surface area (Å²) in [5.41, 5.74) is 6.02. The molecule has 0 amide bonds. The average Bonchev–Trinajstić information content (AvgIpc) is 2.96. The highest BCUT2D eigenvalue weighted by Gasteiger charge is 2.50. The van der Waals surface area contributed by atoms with Crippen molar-refractivity contribution in [2.24, 2.45) is 16.3 Å². The van der Waals surface area contributed by atoms with Crippen LogP contribution in [0, 0.1) is 25.2 Å². The van der Waals surface area contributed by atoms with E-state index >= 15 is 0 Å². The number of nitrogens with zero attached hydrogens (tertiary/aromatic N) is 1. The number of aliphatic imine (C=N–C) groups is 1. The van der Waals surface area contributed by atoms with E-state index in [0.717, 1.165) is 40.1 Å². The van der Waals surface area contributed by atoms with Crippen LogP contribution in [0.2, 0.25) is 0 Å². The fraction of sp³-hybridized carbons (Fsp3) is 0.346. The number of rotatable bonds is 1. The zero-order valence-corrected chi connectivity index (χ0v) is 17.7. The number of Topliss-reactive ketones (excluding diaryl/α,β-unsaturated/α-hetero) is 2. The topological polar surface area (TPSA) is 66.7 Å². The van der Waals surface area contributed by atoms with Gasteiger partial charge in [0, 0.05) is 34.8 Å². The average molecular weight is 399 g/mol. The lowest BCUT2D eigenvalue weighted by Gasteiger charge is -2.40. The summed E-state index contributed by atoms with van der Waals surface area (Å²) in [7, 11) is 0. The Labute approximate surface area is 176 Å². The largest absolute Gasteiger partial charge is 0.507 e. The number of carbonyl (C=O) groups is 2. The van der Waals surface area contributed by atoms with E-state index in [2.05, 4.69) is 13.8 Å². The summed E-state index contributed by atoms with van der Waals surface area (Å²) in [4.78, 5) is 31.8. The van der Waals surface area contributed by atoms with Crippen molar-refractivity contribution in [3.8, 4) is 5.75 Å². The van der Waals surface area contributed by atoms with Gasteiger partial charge in [0.15, 0.2) is 5.78 Å². The normalized spacial score (nSPS) is 24.3. The molecule has 1 N–H and O–H groups in total. The van der Waals surface area contributed by atoms with Crippen LogP contribution in [-0.2, 0) is 4.79 Å². The summed E-state index contributed by atoms with van der Waals surface area (Å²) in [5, 5.41) is 10.3. The lowest BCUT2D eigenvalue weighted by atomic mass is 9.63. The fourth-order valence-electron chi connectivity index (χ4n) is 5.45. The number of ketones is 2. The van der Waals surface area contributed by atoms with E-state index in [4.69, 9.17) is 4.99 Å². The summed E-state index contributed by atoms with van der Waals surface area (Å²) < 4.78 is 0. The third-order valence-electron chi connectivity index (χ3n) is 6.72. The van der Waals surface area contributed by atoms with E-state index in [1.807, 2.05) is 50.2 Å². The molecule has 0 bridgehead atoms. The maximum absolute atomic E-state index is 13.5. The lowest BCUT2D eigenvalue weighted by molar-refractivity contribution is -0.124. The van der Waals surface area contributed by atoms with E-state index in [0.29, 0.717) is 17.6 Å². The van der Waals surface area contributed by atoms with Crippen molar-refractivity contribution in [3.05, 3.63) is 69.8 Å². The zero-order chi connectivity index (χ0) is 21.4. The van der Waals surface area contributed by atoms with Crippen LogP contribution < -0.4 is 0 Å². The molecule has 5 rings (SSSR count). The van der Waals surface area contributed by atoms with Crippen molar-refractivity contribution in [3.63, 3.8) is 0 Å². The van der Waals surface area contributed by atoms with Gasteiger partial charge in [0.1, 0.15) is 11.5 Å². The second-order valence-electron chi connectivity index (χ2n) is 9.68. The maximum Gasteiger partial charge on any atom is 0.192 e. The molecule has 2 aromatic carbocycles. The summed E-state index contributed by atoms with van der Waals surface area (Å²) >= 11 is 0. The number of aryl methyl sites for hydroxylation is 2. The molecule has 4 heteroatoms. The molecule has 1 saturated carbocycles. The van der Waals surface area contributed by atoms with Gasteiger partial charge in [-0.25, -0.2) is 0 Å². The molecule has 3 aliphatic rings. The summed E-state index contributed by atoms with van der Waals surface area (Å²) in [6.07, 6.45) is 1.22. The summed E-state index contributed by atoms with van der Waals surface area (Å²) in [5.74, 6) is -0.412. The van der Waals surface area contributed by atoms with Crippen LogP contribution in [-0.4, -0.2) is 22.4 Å². The van der Waals surface area contributed by atoms with Crippen LogP contribution in [0.5, 0.6) is 5.75 Å². The van der Waals surface area contributed by atoms with Gasteiger partial charge < -0.3 is 5.11 Å². The number of phenolic OH excluding ortho intramolecular Hbond substituents is 1. The molecule has 0 spiro atoms. The minimum Gasteiger partial charge on any atom is -0.507 e. The van der Waals surface area contributed by atoms with Crippen LogP contribution in [0.3, 0.4) is 0 Å². The second kappa shape index (κ2) is 6.24. The van der Waals surface area contributed by atoms with Gasteiger partial charge in [-0.3, -0.25) is 14.6 Å². The van der Waals surface area contributed by atoms with Crippen molar-refractivity contribution < 1.29 is 14.7 Å². The molecular formula is C26H25NO3. The van der Waals surface area contributed by atoms with Crippen molar-refractivity contribution in [2.45, 2.75) is 46.5 Å². The second-order valence-corrected chi connectivity index (χ2v) is 9.68. The van der Waals surface area contributed by atoms with Crippen molar-refractivity contribution in [1.29, 1.82) is 0 Å². The first-order valence-electron chi connectivity index (χ1n) is 10.5. The molecule has 1 heterocycles. The van der Waals surface area contributed by atoms with E-state index in [9.17, 15) is 14.7 Å². The number of allylic oxidation sites excluding steroid dienone is 1. The van der Waals surface area contributed by atoms with Crippen LogP contribution >= 0.6 is 0 Å². The number of carbonyl (C=O) groups excluding carboxylic acids is 2. The van der Waals surface area contributed by atoms with Gasteiger partial charge >= 0.3 is 0 Å². The molecule has 1 aliphatic heterocycles. The Morgan fingerprint density at radius 2 is 1.60 bits per heavy atom. The Kier molecular flexibility index (Phi) is 3.95. The number of benzene rings is 2. The highest BCUT2D eigenvalue weighted by Crippen LogP contribution is 2.52. The van der Waals surface area contributed by atoms with Crippen LogP contribution in [0.4, 0.5) is 0 Å². The van der Waals surface area contributed by atoms with Gasteiger partial charge in [-0.2, -0.15) is 0 Å². The Hall–Kier alpha value is -3.01. The van der Waals surface area contributed by atoms with Crippen molar-refractivity contribution in [2.75, 3.05) is 0 Å². The third kappa shape index (κ3) is 2.63. The molecule has 2 aliphatic carbocycles. The van der Waals surface area contributed by atoms with Crippen LogP contribution in [0.15, 0.2) is 47.0 Å². The molecule has 2 aromatic rings. The highest BCUT2D eigenvalue weighted by molar-refractivity contribution is 6.25. The minimum absolute atomic E-state index is 0.0329. The molecule has 4 nitrogen and oxygen atoms in total. The molecule has 0 unspecified atom stereocenters. The van der Waals surface area contributed by atoms with Gasteiger partial charge in [0.05, 0.1) is 11.6 Å². The van der Waals surface area contributed by atoms with Crippen molar-refractivity contribution in [1.82, 2.24) is 0 Å². The van der Waals surface area contributed by atoms with E-state index in [-0.39, 0.29) is 28.6 Å². The zero-order valence-electron chi connectivity index (χ0n) is 17.7. The predicted octanol–water partition coefficient (Wildman–Crippen LogP) is 5.16. The van der Waals surface area contributed by atoms with Crippen LogP contribution in [0.1, 0.15) is 65.2 Å². The maximum atomic E-state index is 13.5. The first-order valence-corrected chi connectivity index (χ1v) is 10.5. The van der Waals surface area contributed by atoms with E-state index in [1.165, 1.54) is 0 Å². The molecule has 0 saturated heterocycles. The number of hydrogen-bond acceptors (Lipinski definition) is 4. The van der Waals surface area contributed by atoms with Gasteiger partial charge in [-0.1, -0.05) is 50.2 Å². The highest BCUT2D eigenvalue weighted by atomic mass is 16.3. The Morgan fingerprint density at radius 1 is 0.967 bits per heavy atom. The van der Waals surface area contributed by atoms with Gasteiger partial charge in [0.2, 0.25) is 0 Å². The molecule has 30 heavy (non-hydrogen) atoms. The fourth-order valence-corrected chi connectivity index (χ4v) is 5.45. The monoisotopic (exact) mass is 399 g/mol. The van der Waals surface area contributed by atoms with E-state index in [1.54, 1.807) is 0 Å². The number of aromatic hydroxyl groups is 1. The van der Waals surface area contributed by atoms with Gasteiger partial charge in [-0.05, 0) is 42.4 Å². The number of phenols is 1. The number of hydrogen-bond donors (Lipinski definition) is 1. The lowest BCUT2D eigenvalue weighted by Crippen LogP contribution is -2.43. The first-order chi connectivity index (χ1) is 14.2. The predicted molar refractivity (Wildman–Crippen MR) is 117 cm³/mol. The minimum atomic E-state index is -0.418. The van der Waals surface area contributed by atoms with Crippen molar-refractivity contribution >= 4 is 23.0 Å². The van der Waals surface area contributed by atoms with Crippen LogP contribution in [0.25, 0.3) is 5.70 Å². The smallest absolute Gasteiger partial charge is 0.192 e. The molecule has 152 valence electrons. The summed E-state index contributed by atoms with van der Waals surface area (Å²) in [6, 6.07) is 11.4. The summed E-state index contributed by atoms with van der Waals surface area (Å²) in [6.45, 7) is 7.92. The Balaban J connectivity index is 1.78. The molecule has 2 atom stereocenters. The Bertz CT molecular complexity index is 1180. The molecule has 1 fully saturated rings. The van der Waals surface area contributed by atoms with E-state index < -0.39 is 5.92 Å². The third-order valence-corrected chi connectivity index (χ3v) is 6.72. The molecular weight excluding hydrogens is 374 g/mol. The first kappa shape index (κ1) is 19.0. The molecule has 0 aromatic heterocycles. The quantitative estimate of drug-likeness (QED) is 0.720. The van der Waals surface area contributed by atoms with Gasteiger partial charge in [-0.15, -0.1) is 0 Å².